The minimum atomic E-state index is -2.78. The van der Waals surface area contributed by atoms with Gasteiger partial charge in [0, 0.05) is 30.0 Å². The molecule has 174 valence electrons. The molecule has 7 nitrogen and oxygen atoms in total. The Kier molecular flexibility index (Phi) is 5.71. The lowest BCUT2D eigenvalue weighted by atomic mass is 10.3. The maximum atomic E-state index is 13.3. The van der Waals surface area contributed by atoms with Crippen LogP contribution in [0.4, 0.5) is 5.69 Å². The number of carbonyl (C=O) groups is 1. The third-order valence-corrected chi connectivity index (χ3v) is 9.67. The first-order valence-corrected chi connectivity index (χ1v) is 12.7. The lowest BCUT2D eigenvalue weighted by Crippen LogP contribution is -2.36. The summed E-state index contributed by atoms with van der Waals surface area (Å²) in [5.41, 5.74) is -0.941. The summed E-state index contributed by atoms with van der Waals surface area (Å²) in [4.78, 5) is 37.9. The quantitative estimate of drug-likeness (QED) is 0.283. The molecule has 0 saturated heterocycles. The second kappa shape index (κ2) is 8.85. The Morgan fingerprint density at radius 3 is 1.63 bits per heavy atom. The minimum Gasteiger partial charge on any atom is -0.434 e. The maximum Gasteiger partial charge on any atom is 0.333 e. The predicted octanol–water partition coefficient (Wildman–Crippen LogP) is 3.45. The second-order valence-electron chi connectivity index (χ2n) is 8.06. The molecule has 5 rings (SSSR count). The fourth-order valence-electron chi connectivity index (χ4n) is 4.30. The van der Waals surface area contributed by atoms with E-state index in [9.17, 15) is 14.4 Å². The first kappa shape index (κ1) is 22.6. The van der Waals surface area contributed by atoms with Crippen LogP contribution in [0.25, 0.3) is 11.1 Å². The van der Waals surface area contributed by atoms with Crippen molar-refractivity contribution in [1.29, 1.82) is 0 Å². The SMILES string of the molecule is Cn1c(=O)c2c(N=P(c3ccccc3)(c3ccccc3)c3ccccc3)c(C=O)oc2n(C)c1=O. The van der Waals surface area contributed by atoms with Gasteiger partial charge in [-0.05, 0) is 0 Å². The van der Waals surface area contributed by atoms with Gasteiger partial charge in [0.1, 0.15) is 11.1 Å². The van der Waals surface area contributed by atoms with Crippen molar-refractivity contribution >= 4 is 46.0 Å². The van der Waals surface area contributed by atoms with E-state index >= 15 is 0 Å². The number of benzene rings is 3. The second-order valence-corrected chi connectivity index (χ2v) is 11.1. The van der Waals surface area contributed by atoms with Crippen LogP contribution in [0.3, 0.4) is 0 Å². The standard InChI is InChI=1S/C27H22N3O4P/c1-29-25(32)23-24(22(18-31)34-26(23)30(2)27(29)33)28-35(19-12-6-3-7-13-19,20-14-8-4-9-15-20)21-16-10-5-11-17-21/h3-18H,1-2H3. The molecule has 0 saturated carbocycles. The van der Waals surface area contributed by atoms with Gasteiger partial charge in [0.25, 0.3) is 5.56 Å². The Morgan fingerprint density at radius 2 is 1.20 bits per heavy atom. The molecule has 0 bridgehead atoms. The monoisotopic (exact) mass is 483 g/mol. The zero-order chi connectivity index (χ0) is 24.6. The van der Waals surface area contributed by atoms with Gasteiger partial charge < -0.3 is 4.42 Å². The van der Waals surface area contributed by atoms with Gasteiger partial charge in [0.2, 0.25) is 5.71 Å². The van der Waals surface area contributed by atoms with Crippen LogP contribution in [0, 0.1) is 0 Å². The zero-order valence-corrected chi connectivity index (χ0v) is 20.1. The van der Waals surface area contributed by atoms with E-state index in [1.165, 1.54) is 18.7 Å². The lowest BCUT2D eigenvalue weighted by molar-refractivity contribution is 0.110. The molecule has 0 radical (unpaired) electrons. The first-order valence-electron chi connectivity index (χ1n) is 11.0. The molecule has 8 heteroatoms. The largest absolute Gasteiger partial charge is 0.434 e. The van der Waals surface area contributed by atoms with Crippen molar-refractivity contribution in [2.75, 3.05) is 0 Å². The molecular formula is C27H22N3O4P. The lowest BCUT2D eigenvalue weighted by Gasteiger charge is -2.26. The average Bonchev–Trinajstić information content (AvgIpc) is 3.29. The Balaban J connectivity index is 2.06. The highest BCUT2D eigenvalue weighted by Gasteiger charge is 2.30. The average molecular weight is 483 g/mol. The molecular weight excluding hydrogens is 461 g/mol. The smallest absolute Gasteiger partial charge is 0.333 e. The van der Waals surface area contributed by atoms with Gasteiger partial charge >= 0.3 is 5.69 Å². The molecule has 0 fully saturated rings. The van der Waals surface area contributed by atoms with Crippen LogP contribution in [-0.4, -0.2) is 15.4 Å². The van der Waals surface area contributed by atoms with E-state index in [0.29, 0.717) is 6.29 Å². The minimum absolute atomic E-state index is 0.0197. The number of hydrogen-bond acceptors (Lipinski definition) is 5. The fraction of sp³-hybridized carbons (Fsp3) is 0.0741. The molecule has 0 aliphatic rings. The highest BCUT2D eigenvalue weighted by Crippen LogP contribution is 2.50. The highest BCUT2D eigenvalue weighted by atomic mass is 31.2. The molecule has 2 aromatic heterocycles. The summed E-state index contributed by atoms with van der Waals surface area (Å²) < 4.78 is 13.3. The summed E-state index contributed by atoms with van der Waals surface area (Å²) in [7, 11) is 0.120. The summed E-state index contributed by atoms with van der Waals surface area (Å²) in [6.07, 6.45) is 0.540. The van der Waals surface area contributed by atoms with Gasteiger partial charge in [-0.3, -0.25) is 18.7 Å². The molecule has 5 aromatic rings. The molecule has 0 spiro atoms. The third-order valence-electron chi connectivity index (χ3n) is 6.03. The topological polar surface area (TPSA) is 86.6 Å². The van der Waals surface area contributed by atoms with Crippen molar-refractivity contribution in [3.05, 3.63) is 118 Å². The molecule has 0 unspecified atom stereocenters. The van der Waals surface area contributed by atoms with Crippen molar-refractivity contribution in [3.63, 3.8) is 0 Å². The van der Waals surface area contributed by atoms with E-state index in [0.717, 1.165) is 20.5 Å². The number of aryl methyl sites for hydroxylation is 1. The van der Waals surface area contributed by atoms with Gasteiger partial charge in [-0.2, -0.15) is 0 Å². The number of furan rings is 1. The zero-order valence-electron chi connectivity index (χ0n) is 19.2. The Labute approximate surface area is 201 Å². The van der Waals surface area contributed by atoms with Crippen LogP contribution < -0.4 is 27.2 Å². The van der Waals surface area contributed by atoms with Gasteiger partial charge in [0.05, 0.1) is 7.05 Å². The van der Waals surface area contributed by atoms with Crippen molar-refractivity contribution in [2.45, 2.75) is 0 Å². The number of nitrogens with zero attached hydrogens (tertiary/aromatic N) is 3. The van der Waals surface area contributed by atoms with E-state index in [1.807, 2.05) is 91.0 Å². The summed E-state index contributed by atoms with van der Waals surface area (Å²) >= 11 is 0. The molecule has 0 amide bonds. The number of aromatic nitrogens is 2. The number of hydrogen-bond donors (Lipinski definition) is 0. The van der Waals surface area contributed by atoms with Crippen LogP contribution in [0.15, 0.2) is 110 Å². The van der Waals surface area contributed by atoms with E-state index < -0.39 is 18.3 Å². The van der Waals surface area contributed by atoms with Crippen LogP contribution in [0.1, 0.15) is 10.6 Å². The van der Waals surface area contributed by atoms with Gasteiger partial charge in [-0.15, -0.1) is 0 Å². The summed E-state index contributed by atoms with van der Waals surface area (Å²) in [6, 6.07) is 29.5. The molecule has 0 N–H and O–H groups in total. The van der Waals surface area contributed by atoms with Gasteiger partial charge in [-0.25, -0.2) is 9.54 Å². The molecule has 0 aliphatic carbocycles. The van der Waals surface area contributed by atoms with E-state index in [-0.39, 0.29) is 22.5 Å². The molecule has 2 heterocycles. The molecule has 0 aliphatic heterocycles. The van der Waals surface area contributed by atoms with Crippen LogP contribution in [0.5, 0.6) is 0 Å². The summed E-state index contributed by atoms with van der Waals surface area (Å²) in [5.74, 6) is -0.0922. The van der Waals surface area contributed by atoms with Crippen LogP contribution in [-0.2, 0) is 14.1 Å². The fourth-order valence-corrected chi connectivity index (χ4v) is 7.85. The number of fused-ring (bicyclic) bond motifs is 1. The molecule has 0 atom stereocenters. The summed E-state index contributed by atoms with van der Waals surface area (Å²) in [6.45, 7) is 0. The first-order chi connectivity index (χ1) is 17.0. The van der Waals surface area contributed by atoms with Gasteiger partial charge in [0.15, 0.2) is 12.0 Å². The Morgan fingerprint density at radius 1 is 0.743 bits per heavy atom. The van der Waals surface area contributed by atoms with Crippen molar-refractivity contribution in [2.24, 2.45) is 18.8 Å². The molecule has 3 aromatic carbocycles. The number of rotatable bonds is 5. The summed E-state index contributed by atoms with van der Waals surface area (Å²) in [5, 5.41) is 2.95. The predicted molar refractivity (Wildman–Crippen MR) is 139 cm³/mol. The van der Waals surface area contributed by atoms with Gasteiger partial charge in [-0.1, -0.05) is 91.0 Å². The highest BCUT2D eigenvalue weighted by molar-refractivity contribution is 7.87. The van der Waals surface area contributed by atoms with Crippen molar-refractivity contribution < 1.29 is 9.21 Å². The van der Waals surface area contributed by atoms with Crippen molar-refractivity contribution in [1.82, 2.24) is 9.13 Å². The molecule has 35 heavy (non-hydrogen) atoms. The van der Waals surface area contributed by atoms with E-state index in [4.69, 9.17) is 9.16 Å². The normalized spacial score (nSPS) is 11.5. The number of carbonyl (C=O) groups excluding carboxylic acids is 1. The Bertz CT molecular complexity index is 1610. The van der Waals surface area contributed by atoms with Crippen LogP contribution in [0.2, 0.25) is 0 Å². The third kappa shape index (κ3) is 3.52. The van der Waals surface area contributed by atoms with E-state index in [2.05, 4.69) is 0 Å². The maximum absolute atomic E-state index is 13.3. The van der Waals surface area contributed by atoms with E-state index in [1.54, 1.807) is 0 Å². The number of aldehydes is 1. The Hall–Kier alpha value is -4.22. The van der Waals surface area contributed by atoms with Crippen molar-refractivity contribution in [3.8, 4) is 0 Å². The van der Waals surface area contributed by atoms with Crippen LogP contribution >= 0.6 is 7.05 Å².